The Morgan fingerprint density at radius 1 is 1.03 bits per heavy atom. The Morgan fingerprint density at radius 2 is 1.71 bits per heavy atom. The van der Waals surface area contributed by atoms with Crippen molar-refractivity contribution in [1.82, 2.24) is 24.5 Å². The van der Waals surface area contributed by atoms with Crippen molar-refractivity contribution in [2.45, 2.75) is 46.2 Å². The van der Waals surface area contributed by atoms with Gasteiger partial charge in [-0.25, -0.2) is 4.68 Å². The molecule has 0 aliphatic rings. The van der Waals surface area contributed by atoms with Crippen molar-refractivity contribution in [2.75, 3.05) is 7.05 Å². The summed E-state index contributed by atoms with van der Waals surface area (Å²) in [4.78, 5) is 14.8. The van der Waals surface area contributed by atoms with E-state index in [1.165, 1.54) is 0 Å². The SMILES string of the molecule is Cc1nn(CCC#N)c(C)c1CCC(=O)N(C)Cc1cn(-c2ccccc2)nc1-c1ccccc1. The number of hydrogen-bond donors (Lipinski definition) is 0. The molecule has 0 aliphatic carbocycles. The van der Waals surface area contributed by atoms with Crippen molar-refractivity contribution in [3.8, 4) is 23.0 Å². The third kappa shape index (κ3) is 5.49. The maximum atomic E-state index is 13.1. The van der Waals surface area contributed by atoms with Crippen molar-refractivity contribution >= 4 is 5.91 Å². The highest BCUT2D eigenvalue weighted by atomic mass is 16.2. The van der Waals surface area contributed by atoms with Gasteiger partial charge in [0.1, 0.15) is 0 Å². The number of hydrogen-bond acceptors (Lipinski definition) is 4. The van der Waals surface area contributed by atoms with Crippen LogP contribution in [-0.4, -0.2) is 37.4 Å². The first-order chi connectivity index (χ1) is 17.0. The maximum absolute atomic E-state index is 13.1. The molecule has 4 rings (SSSR count). The van der Waals surface area contributed by atoms with Gasteiger partial charge in [-0.15, -0.1) is 0 Å². The minimum absolute atomic E-state index is 0.0695. The second-order valence-electron chi connectivity index (χ2n) is 8.68. The van der Waals surface area contributed by atoms with Crippen LogP contribution in [0.25, 0.3) is 16.9 Å². The highest BCUT2D eigenvalue weighted by Crippen LogP contribution is 2.25. The fourth-order valence-electron chi connectivity index (χ4n) is 4.31. The molecule has 7 nitrogen and oxygen atoms in total. The van der Waals surface area contributed by atoms with Crippen LogP contribution in [0.5, 0.6) is 0 Å². The number of carbonyl (C=O) groups is 1. The van der Waals surface area contributed by atoms with Gasteiger partial charge in [0.25, 0.3) is 0 Å². The minimum Gasteiger partial charge on any atom is -0.341 e. The summed E-state index contributed by atoms with van der Waals surface area (Å²) < 4.78 is 3.74. The first kappa shape index (κ1) is 24.0. The van der Waals surface area contributed by atoms with Crippen molar-refractivity contribution in [3.63, 3.8) is 0 Å². The van der Waals surface area contributed by atoms with Crippen LogP contribution in [0.4, 0.5) is 0 Å². The van der Waals surface area contributed by atoms with E-state index in [4.69, 9.17) is 10.4 Å². The number of amides is 1. The van der Waals surface area contributed by atoms with Gasteiger partial charge >= 0.3 is 0 Å². The normalized spacial score (nSPS) is 10.8. The molecule has 0 unspecified atom stereocenters. The number of aryl methyl sites for hydroxylation is 2. The van der Waals surface area contributed by atoms with E-state index in [2.05, 4.69) is 11.2 Å². The van der Waals surface area contributed by atoms with Gasteiger partial charge in [0, 0.05) is 43.0 Å². The lowest BCUT2D eigenvalue weighted by Gasteiger charge is -2.17. The zero-order chi connectivity index (χ0) is 24.8. The van der Waals surface area contributed by atoms with Crippen molar-refractivity contribution in [1.29, 1.82) is 5.26 Å². The second-order valence-corrected chi connectivity index (χ2v) is 8.68. The predicted molar refractivity (Wildman–Crippen MR) is 136 cm³/mol. The van der Waals surface area contributed by atoms with Gasteiger partial charge in [0.15, 0.2) is 0 Å². The van der Waals surface area contributed by atoms with E-state index in [0.29, 0.717) is 32.4 Å². The smallest absolute Gasteiger partial charge is 0.222 e. The van der Waals surface area contributed by atoms with Gasteiger partial charge in [-0.3, -0.25) is 9.48 Å². The van der Waals surface area contributed by atoms with Crippen LogP contribution in [-0.2, 0) is 24.3 Å². The predicted octanol–water partition coefficient (Wildman–Crippen LogP) is 4.86. The highest BCUT2D eigenvalue weighted by Gasteiger charge is 2.18. The molecule has 1 amide bonds. The summed E-state index contributed by atoms with van der Waals surface area (Å²) in [5, 5.41) is 18.3. The summed E-state index contributed by atoms with van der Waals surface area (Å²) in [6.07, 6.45) is 3.45. The lowest BCUT2D eigenvalue weighted by atomic mass is 10.1. The zero-order valence-electron chi connectivity index (χ0n) is 20.5. The first-order valence-electron chi connectivity index (χ1n) is 11.8. The number of rotatable bonds is 9. The summed E-state index contributed by atoms with van der Waals surface area (Å²) in [5.41, 5.74) is 6.91. The molecule has 4 aromatic rings. The molecule has 7 heteroatoms. The highest BCUT2D eigenvalue weighted by molar-refractivity contribution is 5.76. The number of carbonyl (C=O) groups excluding carboxylic acids is 1. The monoisotopic (exact) mass is 466 g/mol. The molecule has 178 valence electrons. The third-order valence-corrected chi connectivity index (χ3v) is 6.25. The molecular formula is C28H30N6O. The Morgan fingerprint density at radius 3 is 2.40 bits per heavy atom. The zero-order valence-corrected chi connectivity index (χ0v) is 20.5. The molecule has 0 bridgehead atoms. The van der Waals surface area contributed by atoms with Gasteiger partial charge < -0.3 is 4.90 Å². The standard InChI is InChI=1S/C28H30N6O/c1-21-26(22(2)33(30-21)18-10-17-29)15-16-27(35)32(3)19-24-20-34(25-13-8-5-9-14-25)31-28(24)23-11-6-4-7-12-23/h4-9,11-14,20H,10,15-16,18-19H2,1-3H3. The summed E-state index contributed by atoms with van der Waals surface area (Å²) in [7, 11) is 1.84. The molecule has 0 fully saturated rings. The van der Waals surface area contributed by atoms with Gasteiger partial charge in [0.05, 0.1) is 36.1 Å². The Kier molecular flexibility index (Phi) is 7.41. The average Bonchev–Trinajstić information content (AvgIpc) is 3.42. The summed E-state index contributed by atoms with van der Waals surface area (Å²) in [5.74, 6) is 0.0695. The van der Waals surface area contributed by atoms with E-state index in [0.717, 1.165) is 39.5 Å². The van der Waals surface area contributed by atoms with Crippen LogP contribution in [0.15, 0.2) is 66.9 Å². The Balaban J connectivity index is 1.50. The number of para-hydroxylation sites is 1. The van der Waals surface area contributed by atoms with Gasteiger partial charge in [-0.05, 0) is 38.0 Å². The topological polar surface area (TPSA) is 79.7 Å². The molecule has 0 atom stereocenters. The fourth-order valence-corrected chi connectivity index (χ4v) is 4.31. The first-order valence-corrected chi connectivity index (χ1v) is 11.8. The Labute approximate surface area is 206 Å². The molecule has 0 N–H and O–H groups in total. The minimum atomic E-state index is 0.0695. The molecule has 2 aromatic heterocycles. The second kappa shape index (κ2) is 10.8. The van der Waals surface area contributed by atoms with Crippen molar-refractivity contribution in [3.05, 3.63) is 89.4 Å². The average molecular weight is 467 g/mol. The molecule has 35 heavy (non-hydrogen) atoms. The van der Waals surface area contributed by atoms with Crippen LogP contribution in [0.1, 0.15) is 35.4 Å². The number of nitriles is 1. The maximum Gasteiger partial charge on any atom is 0.222 e. The Bertz CT molecular complexity index is 1330. The van der Waals surface area contributed by atoms with E-state index >= 15 is 0 Å². The van der Waals surface area contributed by atoms with Crippen molar-refractivity contribution < 1.29 is 4.79 Å². The van der Waals surface area contributed by atoms with Gasteiger partial charge in [-0.1, -0.05) is 48.5 Å². The van der Waals surface area contributed by atoms with Crippen LogP contribution >= 0.6 is 0 Å². The lowest BCUT2D eigenvalue weighted by molar-refractivity contribution is -0.130. The number of aromatic nitrogens is 4. The molecule has 0 saturated heterocycles. The molecule has 2 aromatic carbocycles. The Hall–Kier alpha value is -4.18. The molecule has 0 saturated carbocycles. The molecule has 0 radical (unpaired) electrons. The van der Waals surface area contributed by atoms with Crippen molar-refractivity contribution in [2.24, 2.45) is 0 Å². The van der Waals surface area contributed by atoms with E-state index in [9.17, 15) is 4.79 Å². The molecule has 2 heterocycles. The number of benzene rings is 2. The van der Waals surface area contributed by atoms with Gasteiger partial charge in [0.2, 0.25) is 5.91 Å². The summed E-state index contributed by atoms with van der Waals surface area (Å²) in [6, 6.07) is 22.2. The van der Waals surface area contributed by atoms with E-state index in [-0.39, 0.29) is 5.91 Å². The summed E-state index contributed by atoms with van der Waals surface area (Å²) >= 11 is 0. The lowest BCUT2D eigenvalue weighted by Crippen LogP contribution is -2.26. The third-order valence-electron chi connectivity index (χ3n) is 6.25. The molecular weight excluding hydrogens is 436 g/mol. The van der Waals surface area contributed by atoms with Gasteiger partial charge in [-0.2, -0.15) is 15.5 Å². The van der Waals surface area contributed by atoms with E-state index < -0.39 is 0 Å². The molecule has 0 aliphatic heterocycles. The van der Waals surface area contributed by atoms with Crippen LogP contribution in [0, 0.1) is 25.2 Å². The largest absolute Gasteiger partial charge is 0.341 e. The number of nitrogens with zero attached hydrogens (tertiary/aromatic N) is 6. The van der Waals surface area contributed by atoms with Crippen LogP contribution in [0.2, 0.25) is 0 Å². The van der Waals surface area contributed by atoms with Crippen LogP contribution < -0.4 is 0 Å². The van der Waals surface area contributed by atoms with Crippen LogP contribution in [0.3, 0.4) is 0 Å². The van der Waals surface area contributed by atoms with E-state index in [1.807, 2.05) is 97.1 Å². The quantitative estimate of drug-likeness (QED) is 0.353. The van der Waals surface area contributed by atoms with E-state index in [1.54, 1.807) is 4.90 Å². The summed E-state index contributed by atoms with van der Waals surface area (Å²) in [6.45, 7) is 5.01. The molecule has 0 spiro atoms. The fraction of sp³-hybridized carbons (Fsp3) is 0.286.